The van der Waals surface area contributed by atoms with Gasteiger partial charge in [-0.05, 0) is 42.8 Å². The first-order valence-corrected chi connectivity index (χ1v) is 12.9. The molecule has 2 rings (SSSR count). The smallest absolute Gasteiger partial charge is 0.192 e. The summed E-state index contributed by atoms with van der Waals surface area (Å²) in [4.78, 5) is 0. The molecule has 0 saturated carbocycles. The van der Waals surface area contributed by atoms with Crippen LogP contribution in [0.15, 0.2) is 54.6 Å². The number of halogens is 1. The van der Waals surface area contributed by atoms with Crippen LogP contribution in [0.1, 0.15) is 38.8 Å². The maximum Gasteiger partial charge on any atom is 0.192 e. The maximum atomic E-state index is 13.7. The minimum atomic E-state index is -1.98. The van der Waals surface area contributed by atoms with E-state index in [4.69, 9.17) is 9.16 Å². The average molecular weight is 417 g/mol. The van der Waals surface area contributed by atoms with Crippen molar-refractivity contribution in [2.45, 2.75) is 64.6 Å². The lowest BCUT2D eigenvalue weighted by Gasteiger charge is -2.39. The largest absolute Gasteiger partial charge is 0.488 e. The van der Waals surface area contributed by atoms with Gasteiger partial charge in [-0.2, -0.15) is 0 Å². The zero-order valence-corrected chi connectivity index (χ0v) is 19.3. The lowest BCUT2D eigenvalue weighted by Crippen LogP contribution is -2.45. The molecule has 2 atom stereocenters. The van der Waals surface area contributed by atoms with Crippen molar-refractivity contribution in [3.63, 3.8) is 0 Å². The number of ether oxygens (including phenoxy) is 1. The van der Waals surface area contributed by atoms with Gasteiger partial charge in [0, 0.05) is 11.6 Å². The molecule has 0 bridgehead atoms. The third kappa shape index (κ3) is 6.80. The van der Waals surface area contributed by atoms with Crippen molar-refractivity contribution in [3.8, 4) is 5.75 Å². The first-order chi connectivity index (χ1) is 13.5. The summed E-state index contributed by atoms with van der Waals surface area (Å²) in [6, 6.07) is 14.1. The first-order valence-electron chi connectivity index (χ1n) is 10.00. The minimum Gasteiger partial charge on any atom is -0.488 e. The Morgan fingerprint density at radius 1 is 1.10 bits per heavy atom. The molecule has 0 unspecified atom stereocenters. The Morgan fingerprint density at radius 3 is 2.38 bits per heavy atom. The molecule has 0 aliphatic carbocycles. The Hall–Kier alpha value is -1.95. The maximum absolute atomic E-state index is 13.7. The molecular formula is C24H33FO3Si. The van der Waals surface area contributed by atoms with Crippen LogP contribution in [-0.2, 0) is 11.0 Å². The second-order valence-corrected chi connectivity index (χ2v) is 13.6. The van der Waals surface area contributed by atoms with E-state index in [1.165, 1.54) is 12.1 Å². The summed E-state index contributed by atoms with van der Waals surface area (Å²) in [6.07, 6.45) is 2.34. The summed E-state index contributed by atoms with van der Waals surface area (Å²) in [5.74, 6) is 0.0793. The van der Waals surface area contributed by atoms with Gasteiger partial charge in [0.15, 0.2) is 8.32 Å². The third-order valence-electron chi connectivity index (χ3n) is 5.45. The van der Waals surface area contributed by atoms with Crippen LogP contribution in [0.2, 0.25) is 18.1 Å². The molecule has 0 aliphatic heterocycles. The molecule has 2 aromatic carbocycles. The first kappa shape index (κ1) is 23.3. The van der Waals surface area contributed by atoms with Crippen LogP contribution in [0.25, 0.3) is 6.08 Å². The highest BCUT2D eigenvalue weighted by Crippen LogP contribution is 2.37. The van der Waals surface area contributed by atoms with E-state index in [-0.39, 0.29) is 17.0 Å². The number of benzene rings is 2. The Kier molecular flexibility index (Phi) is 7.80. The zero-order chi connectivity index (χ0) is 21.7. The molecule has 2 aromatic rings. The highest BCUT2D eigenvalue weighted by Gasteiger charge is 2.39. The van der Waals surface area contributed by atoms with E-state index in [9.17, 15) is 9.50 Å². The molecule has 0 aromatic heterocycles. The summed E-state index contributed by atoms with van der Waals surface area (Å²) in [5, 5.41) is 10.6. The van der Waals surface area contributed by atoms with Crippen LogP contribution in [0, 0.1) is 5.82 Å². The fourth-order valence-electron chi connectivity index (χ4n) is 2.58. The highest BCUT2D eigenvalue weighted by atomic mass is 28.4. The van der Waals surface area contributed by atoms with Gasteiger partial charge in [-0.25, -0.2) is 4.39 Å². The monoisotopic (exact) mass is 416 g/mol. The van der Waals surface area contributed by atoms with Crippen LogP contribution in [0.3, 0.4) is 0 Å². The molecule has 0 fully saturated rings. The van der Waals surface area contributed by atoms with Crippen LogP contribution >= 0.6 is 0 Å². The lowest BCUT2D eigenvalue weighted by atomic mass is 10.1. The van der Waals surface area contributed by atoms with Crippen LogP contribution in [0.5, 0.6) is 5.75 Å². The van der Waals surface area contributed by atoms with Crippen LogP contribution in [-0.4, -0.2) is 25.6 Å². The van der Waals surface area contributed by atoms with Crippen molar-refractivity contribution >= 4 is 14.4 Å². The van der Waals surface area contributed by atoms with E-state index < -0.39 is 14.4 Å². The number of hydrogen-bond acceptors (Lipinski definition) is 3. The molecular weight excluding hydrogens is 383 g/mol. The molecule has 0 radical (unpaired) electrons. The summed E-state index contributed by atoms with van der Waals surface area (Å²) in [6.45, 7) is 13.1. The molecule has 158 valence electrons. The zero-order valence-electron chi connectivity index (χ0n) is 18.3. The highest BCUT2D eigenvalue weighted by molar-refractivity contribution is 6.74. The van der Waals surface area contributed by atoms with E-state index >= 15 is 0 Å². The van der Waals surface area contributed by atoms with Gasteiger partial charge in [-0.1, -0.05) is 63.3 Å². The topological polar surface area (TPSA) is 38.7 Å². The number of hydrogen-bond donors (Lipinski definition) is 1. The third-order valence-corrected chi connectivity index (χ3v) is 10.0. The van der Waals surface area contributed by atoms with Gasteiger partial charge >= 0.3 is 0 Å². The van der Waals surface area contributed by atoms with E-state index in [1.807, 2.05) is 37.3 Å². The standard InChI is InChI=1S/C24H33FO3Si/c1-18(28-29(5,6)24(2,3)4)22(26)15-13-20-12-14-21(25)16-23(20)27-17-19-10-8-7-9-11-19/h7-16,18,22,26H,17H2,1-6H3/t18-,22-/m0/s1. The molecule has 0 spiro atoms. The Balaban J connectivity index is 2.09. The molecule has 29 heavy (non-hydrogen) atoms. The summed E-state index contributed by atoms with van der Waals surface area (Å²) >= 11 is 0. The van der Waals surface area contributed by atoms with Gasteiger partial charge in [0.25, 0.3) is 0 Å². The second kappa shape index (κ2) is 9.70. The van der Waals surface area contributed by atoms with Gasteiger partial charge in [0.1, 0.15) is 18.2 Å². The van der Waals surface area contributed by atoms with Gasteiger partial charge in [-0.3, -0.25) is 0 Å². The lowest BCUT2D eigenvalue weighted by molar-refractivity contribution is 0.0697. The van der Waals surface area contributed by atoms with Gasteiger partial charge < -0.3 is 14.3 Å². The van der Waals surface area contributed by atoms with E-state index in [1.54, 1.807) is 18.2 Å². The number of rotatable bonds is 8. The van der Waals surface area contributed by atoms with Crippen molar-refractivity contribution in [1.29, 1.82) is 0 Å². The normalized spacial score (nSPS) is 14.8. The molecule has 0 saturated heterocycles. The summed E-state index contributed by atoms with van der Waals surface area (Å²) in [5.41, 5.74) is 1.71. The van der Waals surface area contributed by atoms with Crippen molar-refractivity contribution in [2.75, 3.05) is 0 Å². The predicted octanol–water partition coefficient (Wildman–Crippen LogP) is 6.19. The van der Waals surface area contributed by atoms with Gasteiger partial charge in [-0.15, -0.1) is 0 Å². The summed E-state index contributed by atoms with van der Waals surface area (Å²) < 4.78 is 25.8. The van der Waals surface area contributed by atoms with Crippen molar-refractivity contribution in [2.24, 2.45) is 0 Å². The van der Waals surface area contributed by atoms with E-state index in [0.717, 1.165) is 5.56 Å². The Labute approximate surface area is 175 Å². The average Bonchev–Trinajstić information content (AvgIpc) is 2.64. The molecule has 0 amide bonds. The van der Waals surface area contributed by atoms with Crippen LogP contribution < -0.4 is 4.74 Å². The predicted molar refractivity (Wildman–Crippen MR) is 120 cm³/mol. The van der Waals surface area contributed by atoms with Crippen molar-refractivity contribution in [1.82, 2.24) is 0 Å². The van der Waals surface area contributed by atoms with Crippen molar-refractivity contribution < 1.29 is 18.7 Å². The van der Waals surface area contributed by atoms with Crippen LogP contribution in [0.4, 0.5) is 4.39 Å². The Morgan fingerprint density at radius 2 is 1.76 bits per heavy atom. The second-order valence-electron chi connectivity index (χ2n) is 8.89. The fourth-order valence-corrected chi connectivity index (χ4v) is 4.00. The molecule has 3 nitrogen and oxygen atoms in total. The summed E-state index contributed by atoms with van der Waals surface area (Å²) in [7, 11) is -1.98. The van der Waals surface area contributed by atoms with Gasteiger partial charge in [0.2, 0.25) is 0 Å². The van der Waals surface area contributed by atoms with E-state index in [2.05, 4.69) is 33.9 Å². The SMILES string of the molecule is C[C@H](O[Si](C)(C)C(C)(C)C)[C@@H](O)C=Cc1ccc(F)cc1OCc1ccccc1. The van der Waals surface area contributed by atoms with Gasteiger partial charge in [0.05, 0.1) is 12.2 Å². The number of aliphatic hydroxyl groups excluding tert-OH is 1. The van der Waals surface area contributed by atoms with Crippen molar-refractivity contribution in [3.05, 3.63) is 71.6 Å². The molecule has 0 aliphatic rings. The molecule has 1 N–H and O–H groups in total. The molecule has 5 heteroatoms. The Bertz CT molecular complexity index is 813. The molecule has 0 heterocycles. The number of aliphatic hydroxyl groups is 1. The quantitative estimate of drug-likeness (QED) is 0.522. The fraction of sp³-hybridized carbons (Fsp3) is 0.417. The minimum absolute atomic E-state index is 0.0695. The van der Waals surface area contributed by atoms with E-state index in [0.29, 0.717) is 17.9 Å².